The fourth-order valence-electron chi connectivity index (χ4n) is 2.46. The molecule has 0 saturated heterocycles. The number of carbonyl (C=O) groups excluding carboxylic acids is 2. The molecule has 2 rings (SSSR count). The van der Waals surface area contributed by atoms with Crippen molar-refractivity contribution in [1.29, 1.82) is 0 Å². The number of hydrogen-bond donors (Lipinski definition) is 1. The average Bonchev–Trinajstić information content (AvgIpc) is 2.70. The van der Waals surface area contributed by atoms with E-state index in [1.54, 1.807) is 33.2 Å². The second-order valence-corrected chi connectivity index (χ2v) is 5.76. The Labute approximate surface area is 153 Å². The van der Waals surface area contributed by atoms with Gasteiger partial charge in [0, 0.05) is 13.6 Å². The molecule has 6 heteroatoms. The summed E-state index contributed by atoms with van der Waals surface area (Å²) >= 11 is 0. The zero-order valence-electron chi connectivity index (χ0n) is 15.3. The molecule has 0 heterocycles. The van der Waals surface area contributed by atoms with Gasteiger partial charge in [-0.05, 0) is 36.8 Å². The van der Waals surface area contributed by atoms with E-state index in [4.69, 9.17) is 9.47 Å². The molecule has 0 aliphatic heterocycles. The number of carbonyl (C=O) groups is 2. The highest BCUT2D eigenvalue weighted by atomic mass is 16.5. The lowest BCUT2D eigenvalue weighted by Crippen LogP contribution is -2.48. The molecule has 0 unspecified atom stereocenters. The van der Waals surface area contributed by atoms with Crippen LogP contribution >= 0.6 is 0 Å². The van der Waals surface area contributed by atoms with Gasteiger partial charge in [0.15, 0.2) is 6.61 Å². The van der Waals surface area contributed by atoms with Gasteiger partial charge in [-0.25, -0.2) is 0 Å². The maximum absolute atomic E-state index is 12.7. The number of nitrogens with one attached hydrogen (secondary N) is 1. The zero-order valence-corrected chi connectivity index (χ0v) is 15.3. The molecule has 1 N–H and O–H groups in total. The molecule has 26 heavy (non-hydrogen) atoms. The van der Waals surface area contributed by atoms with Crippen LogP contribution in [0.1, 0.15) is 12.5 Å². The lowest BCUT2D eigenvalue weighted by atomic mass is 10.1. The van der Waals surface area contributed by atoms with Gasteiger partial charge in [0.2, 0.25) is 5.91 Å². The first-order valence-corrected chi connectivity index (χ1v) is 8.37. The van der Waals surface area contributed by atoms with E-state index >= 15 is 0 Å². The average molecular weight is 356 g/mol. The first-order chi connectivity index (χ1) is 12.5. The summed E-state index contributed by atoms with van der Waals surface area (Å²) in [6.45, 7) is 1.86. The SMILES string of the molecule is CNC(=O)[C@H](C)N(Cc1ccc(OC)cc1)C(=O)COc1ccccc1. The van der Waals surface area contributed by atoms with Crippen LogP contribution < -0.4 is 14.8 Å². The van der Waals surface area contributed by atoms with Crippen LogP contribution in [-0.4, -0.2) is 43.5 Å². The van der Waals surface area contributed by atoms with Gasteiger partial charge in [-0.3, -0.25) is 9.59 Å². The largest absolute Gasteiger partial charge is 0.497 e. The third-order valence-corrected chi connectivity index (χ3v) is 4.03. The number of methoxy groups -OCH3 is 1. The summed E-state index contributed by atoms with van der Waals surface area (Å²) in [5.41, 5.74) is 0.898. The minimum absolute atomic E-state index is 0.137. The second-order valence-electron chi connectivity index (χ2n) is 5.76. The minimum atomic E-state index is -0.617. The molecule has 0 aliphatic rings. The van der Waals surface area contributed by atoms with Gasteiger partial charge in [-0.1, -0.05) is 30.3 Å². The molecular weight excluding hydrogens is 332 g/mol. The fourth-order valence-corrected chi connectivity index (χ4v) is 2.46. The number of hydrogen-bond acceptors (Lipinski definition) is 4. The van der Waals surface area contributed by atoms with Crippen molar-refractivity contribution < 1.29 is 19.1 Å². The Bertz CT molecular complexity index is 716. The van der Waals surface area contributed by atoms with Crippen LogP contribution in [0.4, 0.5) is 0 Å². The van der Waals surface area contributed by atoms with Crippen molar-refractivity contribution in [2.75, 3.05) is 20.8 Å². The zero-order chi connectivity index (χ0) is 18.9. The van der Waals surface area contributed by atoms with Gasteiger partial charge in [-0.15, -0.1) is 0 Å². The normalized spacial score (nSPS) is 11.3. The summed E-state index contributed by atoms with van der Waals surface area (Å²) in [4.78, 5) is 26.3. The number of benzene rings is 2. The molecule has 0 saturated carbocycles. The van der Waals surface area contributed by atoms with Crippen LogP contribution in [0.5, 0.6) is 11.5 Å². The quantitative estimate of drug-likeness (QED) is 0.788. The van der Waals surface area contributed by atoms with Gasteiger partial charge < -0.3 is 19.7 Å². The Balaban J connectivity index is 2.11. The van der Waals surface area contributed by atoms with Crippen LogP contribution in [0, 0.1) is 0 Å². The van der Waals surface area contributed by atoms with Crippen molar-refractivity contribution in [1.82, 2.24) is 10.2 Å². The van der Waals surface area contributed by atoms with Crippen molar-refractivity contribution in [3.8, 4) is 11.5 Å². The third-order valence-electron chi connectivity index (χ3n) is 4.03. The van der Waals surface area contributed by atoms with Crippen molar-refractivity contribution in [2.24, 2.45) is 0 Å². The third kappa shape index (κ3) is 5.24. The van der Waals surface area contributed by atoms with Gasteiger partial charge >= 0.3 is 0 Å². The van der Waals surface area contributed by atoms with Crippen LogP contribution in [0.2, 0.25) is 0 Å². The number of likely N-dealkylation sites (N-methyl/N-ethyl adjacent to an activating group) is 1. The highest BCUT2D eigenvalue weighted by molar-refractivity contribution is 5.87. The molecule has 0 aliphatic carbocycles. The van der Waals surface area contributed by atoms with E-state index in [1.165, 1.54) is 4.90 Å². The van der Waals surface area contributed by atoms with E-state index in [2.05, 4.69) is 5.32 Å². The van der Waals surface area contributed by atoms with Gasteiger partial charge in [0.05, 0.1) is 7.11 Å². The summed E-state index contributed by atoms with van der Waals surface area (Å²) in [5.74, 6) is 0.851. The smallest absolute Gasteiger partial charge is 0.261 e. The highest BCUT2D eigenvalue weighted by Gasteiger charge is 2.25. The van der Waals surface area contributed by atoms with Crippen molar-refractivity contribution in [2.45, 2.75) is 19.5 Å². The molecule has 2 amide bonds. The summed E-state index contributed by atoms with van der Waals surface area (Å²) in [6.07, 6.45) is 0. The van der Waals surface area contributed by atoms with E-state index in [1.807, 2.05) is 42.5 Å². The molecule has 0 fully saturated rings. The molecule has 1 atom stereocenters. The first kappa shape index (κ1) is 19.3. The molecule has 2 aromatic carbocycles. The van der Waals surface area contributed by atoms with Crippen LogP contribution in [-0.2, 0) is 16.1 Å². The Morgan fingerprint density at radius 1 is 1.04 bits per heavy atom. The maximum Gasteiger partial charge on any atom is 0.261 e. The molecule has 0 radical (unpaired) electrons. The Morgan fingerprint density at radius 2 is 1.69 bits per heavy atom. The number of amides is 2. The van der Waals surface area contributed by atoms with E-state index in [0.717, 1.165) is 11.3 Å². The lowest BCUT2D eigenvalue weighted by Gasteiger charge is -2.28. The Hall–Kier alpha value is -3.02. The summed E-state index contributed by atoms with van der Waals surface area (Å²) in [5, 5.41) is 2.58. The molecule has 0 spiro atoms. The predicted octanol–water partition coefficient (Wildman–Crippen LogP) is 2.24. The first-order valence-electron chi connectivity index (χ1n) is 8.37. The molecular formula is C20H24N2O4. The van der Waals surface area contributed by atoms with Gasteiger partial charge in [0.1, 0.15) is 17.5 Å². The summed E-state index contributed by atoms with van der Waals surface area (Å²) < 4.78 is 10.7. The number of ether oxygens (including phenoxy) is 2. The number of rotatable bonds is 8. The van der Waals surface area contributed by atoms with Gasteiger partial charge in [-0.2, -0.15) is 0 Å². The Morgan fingerprint density at radius 3 is 2.27 bits per heavy atom. The van der Waals surface area contributed by atoms with Gasteiger partial charge in [0.25, 0.3) is 5.91 Å². The van der Waals surface area contributed by atoms with Crippen molar-refractivity contribution >= 4 is 11.8 Å². The monoisotopic (exact) mass is 356 g/mol. The second kappa shape index (κ2) is 9.46. The van der Waals surface area contributed by atoms with Crippen molar-refractivity contribution in [3.63, 3.8) is 0 Å². The molecule has 0 bridgehead atoms. The highest BCUT2D eigenvalue weighted by Crippen LogP contribution is 2.15. The van der Waals surface area contributed by atoms with Crippen LogP contribution in [0.25, 0.3) is 0 Å². The van der Waals surface area contributed by atoms with Crippen LogP contribution in [0.15, 0.2) is 54.6 Å². The standard InChI is InChI=1S/C20H24N2O4/c1-15(20(24)21-2)22(13-16-9-11-17(25-3)12-10-16)19(23)14-26-18-7-5-4-6-8-18/h4-12,15H,13-14H2,1-3H3,(H,21,24)/t15-/m0/s1. The molecule has 138 valence electrons. The maximum atomic E-state index is 12.7. The topological polar surface area (TPSA) is 67.9 Å². The fraction of sp³-hybridized carbons (Fsp3) is 0.300. The summed E-state index contributed by atoms with van der Waals surface area (Å²) in [6, 6.07) is 15.9. The lowest BCUT2D eigenvalue weighted by molar-refractivity contribution is -0.142. The summed E-state index contributed by atoms with van der Waals surface area (Å²) in [7, 11) is 3.15. The Kier molecular flexibility index (Phi) is 7.02. The predicted molar refractivity (Wildman–Crippen MR) is 99.0 cm³/mol. The number of para-hydroxylation sites is 1. The van der Waals surface area contributed by atoms with E-state index < -0.39 is 6.04 Å². The molecule has 2 aromatic rings. The van der Waals surface area contributed by atoms with E-state index in [-0.39, 0.29) is 18.4 Å². The van der Waals surface area contributed by atoms with Crippen molar-refractivity contribution in [3.05, 3.63) is 60.2 Å². The van der Waals surface area contributed by atoms with Crippen LogP contribution in [0.3, 0.4) is 0 Å². The molecule has 0 aromatic heterocycles. The molecule has 6 nitrogen and oxygen atoms in total. The van der Waals surface area contributed by atoms with E-state index in [0.29, 0.717) is 12.3 Å². The number of nitrogens with zero attached hydrogens (tertiary/aromatic N) is 1. The minimum Gasteiger partial charge on any atom is -0.497 e. The van der Waals surface area contributed by atoms with E-state index in [9.17, 15) is 9.59 Å².